The molecule has 7 aromatic rings. The number of para-hydroxylation sites is 2. The average Bonchev–Trinajstić information content (AvgIpc) is 3.73. The molecule has 0 bridgehead atoms. The quantitative estimate of drug-likeness (QED) is 0.166. The predicted molar refractivity (Wildman–Crippen MR) is 217 cm³/mol. The van der Waals surface area contributed by atoms with Crippen LogP contribution in [0.3, 0.4) is 0 Å². The Balaban J connectivity index is 1.23. The van der Waals surface area contributed by atoms with E-state index in [1.54, 1.807) is 0 Å². The van der Waals surface area contributed by atoms with Gasteiger partial charge in [0.2, 0.25) is 0 Å². The summed E-state index contributed by atoms with van der Waals surface area (Å²) in [4.78, 5) is 2.66. The Morgan fingerprint density at radius 1 is 0.600 bits per heavy atom. The lowest BCUT2D eigenvalue weighted by Gasteiger charge is -2.46. The Morgan fingerprint density at radius 3 is 2.00 bits per heavy atom. The highest BCUT2D eigenvalue weighted by molar-refractivity contribution is 6.12. The molecule has 0 saturated heterocycles. The Bertz CT molecular complexity index is 2920. The monoisotopic (exact) mass is 716 g/mol. The fraction of sp³-hybridized carbons (Fsp3) is 0.320. The minimum atomic E-state index is -0.650. The molecule has 8 heterocycles. The van der Waals surface area contributed by atoms with Gasteiger partial charge in [-0.3, -0.25) is 0 Å². The highest BCUT2D eigenvalue weighted by Crippen LogP contribution is 2.64. The third-order valence-electron chi connectivity index (χ3n) is 15.2. The first kappa shape index (κ1) is 29.9. The maximum atomic E-state index is 7.23. The van der Waals surface area contributed by atoms with Crippen molar-refractivity contribution in [1.29, 1.82) is 0 Å². The molecule has 0 radical (unpaired) electrons. The van der Waals surface area contributed by atoms with Crippen molar-refractivity contribution in [1.82, 2.24) is 4.57 Å². The first-order valence-electron chi connectivity index (χ1n) is 21.1. The van der Waals surface area contributed by atoms with E-state index in [9.17, 15) is 0 Å². The molecule has 0 N–H and O–H groups in total. The molecule has 55 heavy (non-hydrogen) atoms. The smallest absolute Gasteiger partial charge is 0.323 e. The van der Waals surface area contributed by atoms with Gasteiger partial charge < -0.3 is 4.74 Å². The van der Waals surface area contributed by atoms with Crippen LogP contribution in [0.15, 0.2) is 97.1 Å². The Hall–Kier alpha value is -5.42. The van der Waals surface area contributed by atoms with E-state index in [1.165, 1.54) is 154 Å². The number of nitrogens with zero attached hydrogens (tertiary/aromatic N) is 4. The second-order valence-corrected chi connectivity index (χ2v) is 18.2. The number of ether oxygens (including phenoxy) is 1. The number of hydrogen-bond donors (Lipinski definition) is 0. The van der Waals surface area contributed by atoms with Gasteiger partial charge in [-0.25, -0.2) is 0 Å². The molecule has 2 saturated carbocycles. The summed E-state index contributed by atoms with van der Waals surface area (Å²) in [5.74, 6) is 5.66. The van der Waals surface area contributed by atoms with Gasteiger partial charge in [0.1, 0.15) is 33.8 Å². The van der Waals surface area contributed by atoms with Crippen molar-refractivity contribution >= 4 is 39.0 Å². The lowest BCUT2D eigenvalue weighted by Crippen LogP contribution is -2.76. The topological polar surface area (TPSA) is 25.2 Å². The van der Waals surface area contributed by atoms with Crippen molar-refractivity contribution in [3.05, 3.63) is 130 Å². The maximum absolute atomic E-state index is 7.23. The number of benzene rings is 4. The molecule has 5 heteroatoms. The van der Waals surface area contributed by atoms with Crippen molar-refractivity contribution in [2.24, 2.45) is 0 Å². The van der Waals surface area contributed by atoms with Crippen molar-refractivity contribution in [2.75, 3.05) is 4.90 Å². The number of anilines is 3. The molecule has 4 aromatic carbocycles. The Morgan fingerprint density at radius 2 is 1.24 bits per heavy atom. The van der Waals surface area contributed by atoms with Gasteiger partial charge >= 0.3 is 5.66 Å². The summed E-state index contributed by atoms with van der Waals surface area (Å²) >= 11 is 0. The number of hydrogen-bond acceptors (Lipinski definition) is 2. The van der Waals surface area contributed by atoms with Crippen molar-refractivity contribution in [3.63, 3.8) is 0 Å². The first-order chi connectivity index (χ1) is 27.0. The van der Waals surface area contributed by atoms with E-state index in [0.29, 0.717) is 11.8 Å². The van der Waals surface area contributed by atoms with E-state index < -0.39 is 5.66 Å². The largest absolute Gasteiger partial charge is 0.456 e. The number of pyridine rings is 2. The van der Waals surface area contributed by atoms with E-state index in [0.717, 1.165) is 11.5 Å². The van der Waals surface area contributed by atoms with Crippen LogP contribution in [0.4, 0.5) is 17.2 Å². The fourth-order valence-electron chi connectivity index (χ4n) is 12.9. The molecule has 1 unspecified atom stereocenters. The molecule has 5 aliphatic heterocycles. The van der Waals surface area contributed by atoms with E-state index in [1.807, 2.05) is 0 Å². The van der Waals surface area contributed by atoms with Gasteiger partial charge in [-0.05, 0) is 97.2 Å². The molecule has 5 nitrogen and oxygen atoms in total. The molecule has 2 aliphatic carbocycles. The maximum Gasteiger partial charge on any atom is 0.323 e. The van der Waals surface area contributed by atoms with Crippen LogP contribution in [0.1, 0.15) is 123 Å². The zero-order valence-corrected chi connectivity index (χ0v) is 31.7. The van der Waals surface area contributed by atoms with Crippen LogP contribution in [-0.2, 0) is 11.1 Å². The van der Waals surface area contributed by atoms with Gasteiger partial charge in [-0.1, -0.05) is 88.8 Å². The van der Waals surface area contributed by atoms with Gasteiger partial charge in [-0.15, -0.1) is 0 Å². The Kier molecular flexibility index (Phi) is 5.36. The van der Waals surface area contributed by atoms with Gasteiger partial charge in [0.25, 0.3) is 11.6 Å². The zero-order chi connectivity index (χ0) is 35.9. The number of rotatable bonds is 2. The Labute approximate surface area is 321 Å². The minimum absolute atomic E-state index is 0.199. The van der Waals surface area contributed by atoms with Crippen LogP contribution < -0.4 is 18.8 Å². The van der Waals surface area contributed by atoms with Crippen molar-refractivity contribution in [2.45, 2.75) is 101 Å². The summed E-state index contributed by atoms with van der Waals surface area (Å²) < 4.78 is 15.4. The van der Waals surface area contributed by atoms with Gasteiger partial charge in [-0.2, -0.15) is 18.6 Å². The SMILES string of the molecule is CC1(C)c2ccccc2N2c3c1ccc1c3C34c5c(ccc6c7ccccc7n(c56)-c5cc(C6CCCCC6)cc([n+]53)-c3cc(C5CCCCC5)cc2[n+]34)O1. The fourth-order valence-corrected chi connectivity index (χ4v) is 12.9. The van der Waals surface area contributed by atoms with E-state index in [-0.39, 0.29) is 5.41 Å². The van der Waals surface area contributed by atoms with Gasteiger partial charge in [0.15, 0.2) is 22.6 Å². The zero-order valence-electron chi connectivity index (χ0n) is 31.7. The van der Waals surface area contributed by atoms with Crippen molar-refractivity contribution < 1.29 is 13.9 Å². The summed E-state index contributed by atoms with van der Waals surface area (Å²) in [5.41, 5.74) is 15.3. The third-order valence-corrected chi connectivity index (χ3v) is 15.2. The highest BCUT2D eigenvalue weighted by atomic mass is 16.5. The summed E-state index contributed by atoms with van der Waals surface area (Å²) in [6, 6.07) is 38.1. The van der Waals surface area contributed by atoms with Crippen molar-refractivity contribution in [3.8, 4) is 28.7 Å². The molecule has 3 aromatic heterocycles. The van der Waals surface area contributed by atoms with Crippen LogP contribution in [0.2, 0.25) is 0 Å². The summed E-state index contributed by atoms with van der Waals surface area (Å²) in [6.07, 6.45) is 13.1. The standard InChI is InChI=1S/C50H44N4O/c1-49(2)35-18-10-12-20-38(35)52-44-28-32(30-15-7-4-8-16-30)26-40-39-25-31(29-13-5-3-6-14-29)27-43-51-37-19-11-9-17-33(37)34-21-23-41-45(47(34)51)50(53(39)43,54(40)44)46-42(55-41)24-22-36(49)48(46)52/h9-12,17-30H,3-8,13-16H2,1-2H3/q+2. The second kappa shape index (κ2) is 9.87. The van der Waals surface area contributed by atoms with Crippen LogP contribution in [-0.4, -0.2) is 4.57 Å². The molecule has 1 spiro atoms. The van der Waals surface area contributed by atoms with Gasteiger partial charge in [0.05, 0.1) is 0 Å². The first-order valence-corrected chi connectivity index (χ1v) is 21.1. The third kappa shape index (κ3) is 3.31. The summed E-state index contributed by atoms with van der Waals surface area (Å²) in [7, 11) is 0. The van der Waals surface area contributed by atoms with E-state index >= 15 is 0 Å². The van der Waals surface area contributed by atoms with Gasteiger partial charge in [0, 0.05) is 39.4 Å². The summed E-state index contributed by atoms with van der Waals surface area (Å²) in [6.45, 7) is 4.86. The van der Waals surface area contributed by atoms with E-state index in [4.69, 9.17) is 4.74 Å². The predicted octanol–water partition coefficient (Wildman–Crippen LogP) is 11.6. The van der Waals surface area contributed by atoms with Crippen LogP contribution >= 0.6 is 0 Å². The lowest BCUT2D eigenvalue weighted by atomic mass is 9.70. The van der Waals surface area contributed by atoms with Crippen LogP contribution in [0.25, 0.3) is 39.0 Å². The normalized spacial score (nSPS) is 21.8. The molecular weight excluding hydrogens is 673 g/mol. The number of aromatic nitrogens is 3. The average molecular weight is 717 g/mol. The molecular formula is C50H44N4O+2. The molecule has 1 atom stereocenters. The van der Waals surface area contributed by atoms with Crippen LogP contribution in [0.5, 0.6) is 11.5 Å². The molecule has 2 fully saturated rings. The lowest BCUT2D eigenvalue weighted by molar-refractivity contribution is -0.932. The molecule has 7 aliphatic rings. The second-order valence-electron chi connectivity index (χ2n) is 18.2. The minimum Gasteiger partial charge on any atom is -0.456 e. The summed E-state index contributed by atoms with van der Waals surface area (Å²) in [5, 5.41) is 2.61. The van der Waals surface area contributed by atoms with Crippen LogP contribution in [0, 0.1) is 0 Å². The molecule has 268 valence electrons. The molecule has 14 rings (SSSR count). The number of fused-ring (bicyclic) bond motifs is 8. The van der Waals surface area contributed by atoms with E-state index in [2.05, 4.69) is 130 Å². The molecule has 0 amide bonds. The highest BCUT2D eigenvalue weighted by Gasteiger charge is 2.71.